The molecule has 124 valence electrons. The first-order chi connectivity index (χ1) is 11.3. The summed E-state index contributed by atoms with van der Waals surface area (Å²) in [5, 5.41) is 15.6. The summed E-state index contributed by atoms with van der Waals surface area (Å²) in [6, 6.07) is 8.70. The number of nitro benzene ring substituents is 1. The molecule has 0 aromatic heterocycles. The second-order valence-corrected chi connectivity index (χ2v) is 6.11. The van der Waals surface area contributed by atoms with Crippen LogP contribution in [0.25, 0.3) is 0 Å². The van der Waals surface area contributed by atoms with E-state index in [0.29, 0.717) is 5.69 Å². The first-order valence-electron chi connectivity index (χ1n) is 6.60. The minimum absolute atomic E-state index is 0.0152. The predicted octanol–water partition coefficient (Wildman–Crippen LogP) is 3.90. The van der Waals surface area contributed by atoms with Gasteiger partial charge in [-0.3, -0.25) is 19.7 Å². The molecule has 0 unspecified atom stereocenters. The van der Waals surface area contributed by atoms with Crippen LogP contribution >= 0.6 is 27.5 Å². The van der Waals surface area contributed by atoms with E-state index in [1.165, 1.54) is 12.1 Å². The molecule has 0 spiro atoms. The number of nitro groups is 1. The van der Waals surface area contributed by atoms with Crippen LogP contribution in [0, 0.1) is 17.0 Å². The molecular weight excluding hydrogens is 402 g/mol. The fraction of sp³-hybridized carbons (Fsp3) is 0.0667. The van der Waals surface area contributed by atoms with Crippen molar-refractivity contribution in [3.05, 3.63) is 61.6 Å². The van der Waals surface area contributed by atoms with Crippen molar-refractivity contribution < 1.29 is 14.5 Å². The Morgan fingerprint density at radius 2 is 1.71 bits per heavy atom. The quantitative estimate of drug-likeness (QED) is 0.453. The standard InChI is InChI=1S/C15H11BrClN3O4/c1-8-6-9(16)2-5-12(8)18-14(21)15(22)19-13-7-10(20(23)24)3-4-11(13)17/h2-7H,1H3,(H,18,21)(H,19,22). The summed E-state index contributed by atoms with van der Waals surface area (Å²) in [5.41, 5.74) is 0.972. The van der Waals surface area contributed by atoms with Crippen molar-refractivity contribution >= 4 is 56.4 Å². The monoisotopic (exact) mass is 411 g/mol. The lowest BCUT2D eigenvalue weighted by Crippen LogP contribution is -2.29. The first-order valence-corrected chi connectivity index (χ1v) is 7.77. The summed E-state index contributed by atoms with van der Waals surface area (Å²) in [7, 11) is 0. The molecule has 2 aromatic rings. The van der Waals surface area contributed by atoms with E-state index in [4.69, 9.17) is 11.6 Å². The number of non-ortho nitro benzene ring substituents is 1. The number of hydrogen-bond acceptors (Lipinski definition) is 4. The molecule has 0 fully saturated rings. The van der Waals surface area contributed by atoms with Crippen molar-refractivity contribution in [2.24, 2.45) is 0 Å². The average Bonchev–Trinajstić information content (AvgIpc) is 2.51. The van der Waals surface area contributed by atoms with Crippen molar-refractivity contribution in [1.82, 2.24) is 0 Å². The lowest BCUT2D eigenvalue weighted by Gasteiger charge is -2.10. The number of amides is 2. The van der Waals surface area contributed by atoms with Crippen LogP contribution in [-0.2, 0) is 9.59 Å². The highest BCUT2D eigenvalue weighted by atomic mass is 79.9. The number of carbonyl (C=O) groups excluding carboxylic acids is 2. The van der Waals surface area contributed by atoms with Gasteiger partial charge in [0.2, 0.25) is 0 Å². The van der Waals surface area contributed by atoms with Gasteiger partial charge in [-0.05, 0) is 36.8 Å². The van der Waals surface area contributed by atoms with Gasteiger partial charge in [-0.2, -0.15) is 0 Å². The van der Waals surface area contributed by atoms with E-state index in [9.17, 15) is 19.7 Å². The fourth-order valence-corrected chi connectivity index (χ4v) is 2.49. The van der Waals surface area contributed by atoms with Gasteiger partial charge in [0.15, 0.2) is 0 Å². The van der Waals surface area contributed by atoms with Crippen LogP contribution < -0.4 is 10.6 Å². The molecule has 0 saturated carbocycles. The van der Waals surface area contributed by atoms with Gasteiger partial charge < -0.3 is 10.6 Å². The highest BCUT2D eigenvalue weighted by Crippen LogP contribution is 2.26. The smallest absolute Gasteiger partial charge is 0.314 e. The summed E-state index contributed by atoms with van der Waals surface area (Å²) in [6.45, 7) is 1.77. The van der Waals surface area contributed by atoms with Crippen LogP contribution in [0.1, 0.15) is 5.56 Å². The summed E-state index contributed by atoms with van der Waals surface area (Å²) in [5.74, 6) is -1.90. The molecule has 24 heavy (non-hydrogen) atoms. The maximum absolute atomic E-state index is 12.0. The molecule has 2 rings (SSSR count). The van der Waals surface area contributed by atoms with Crippen LogP contribution in [0.3, 0.4) is 0 Å². The summed E-state index contributed by atoms with van der Waals surface area (Å²) in [6.07, 6.45) is 0. The summed E-state index contributed by atoms with van der Waals surface area (Å²) >= 11 is 9.18. The van der Waals surface area contributed by atoms with Crippen molar-refractivity contribution in [3.63, 3.8) is 0 Å². The van der Waals surface area contributed by atoms with Crippen LogP contribution in [0.4, 0.5) is 17.1 Å². The highest BCUT2D eigenvalue weighted by Gasteiger charge is 2.18. The molecular formula is C15H11BrClN3O4. The van der Waals surface area contributed by atoms with E-state index >= 15 is 0 Å². The Morgan fingerprint density at radius 3 is 2.29 bits per heavy atom. The number of aryl methyl sites for hydroxylation is 1. The normalized spacial score (nSPS) is 10.1. The van der Waals surface area contributed by atoms with Crippen molar-refractivity contribution in [3.8, 4) is 0 Å². The fourth-order valence-electron chi connectivity index (χ4n) is 1.85. The average molecular weight is 413 g/mol. The van der Waals surface area contributed by atoms with Crippen LogP contribution in [0.5, 0.6) is 0 Å². The zero-order valence-corrected chi connectivity index (χ0v) is 14.6. The molecule has 2 N–H and O–H groups in total. The van der Waals surface area contributed by atoms with E-state index in [1.54, 1.807) is 25.1 Å². The predicted molar refractivity (Wildman–Crippen MR) is 94.2 cm³/mol. The van der Waals surface area contributed by atoms with Gasteiger partial charge in [-0.25, -0.2) is 0 Å². The number of halogens is 2. The minimum atomic E-state index is -0.986. The summed E-state index contributed by atoms with van der Waals surface area (Å²) < 4.78 is 0.839. The van der Waals surface area contributed by atoms with E-state index in [2.05, 4.69) is 26.6 Å². The van der Waals surface area contributed by atoms with Gasteiger partial charge in [0.1, 0.15) is 0 Å². The van der Waals surface area contributed by atoms with Crippen LogP contribution in [0.2, 0.25) is 5.02 Å². The molecule has 0 radical (unpaired) electrons. The molecule has 0 aliphatic carbocycles. The molecule has 0 aliphatic rings. The molecule has 0 heterocycles. The first kappa shape index (κ1) is 17.9. The Kier molecular flexibility index (Phi) is 5.53. The van der Waals surface area contributed by atoms with Crippen molar-refractivity contribution in [1.29, 1.82) is 0 Å². The molecule has 0 aliphatic heterocycles. The number of nitrogens with zero attached hydrogens (tertiary/aromatic N) is 1. The zero-order valence-electron chi connectivity index (χ0n) is 12.3. The third kappa shape index (κ3) is 4.30. The van der Waals surface area contributed by atoms with Gasteiger partial charge in [0.05, 0.1) is 15.6 Å². The molecule has 2 aromatic carbocycles. The molecule has 9 heteroatoms. The van der Waals surface area contributed by atoms with Gasteiger partial charge in [0.25, 0.3) is 5.69 Å². The van der Waals surface area contributed by atoms with E-state index in [1.807, 2.05) is 0 Å². The van der Waals surface area contributed by atoms with E-state index < -0.39 is 16.7 Å². The zero-order chi connectivity index (χ0) is 17.9. The second-order valence-electron chi connectivity index (χ2n) is 4.79. The third-order valence-corrected chi connectivity index (χ3v) is 3.87. The number of carbonyl (C=O) groups is 2. The SMILES string of the molecule is Cc1cc(Br)ccc1NC(=O)C(=O)Nc1cc([N+](=O)[O-])ccc1Cl. The Balaban J connectivity index is 2.13. The van der Waals surface area contributed by atoms with Gasteiger partial charge in [0, 0.05) is 22.3 Å². The van der Waals surface area contributed by atoms with Gasteiger partial charge in [-0.1, -0.05) is 27.5 Å². The van der Waals surface area contributed by atoms with Gasteiger partial charge in [-0.15, -0.1) is 0 Å². The Morgan fingerprint density at radius 1 is 1.08 bits per heavy atom. The molecule has 0 bridgehead atoms. The Bertz CT molecular complexity index is 841. The largest absolute Gasteiger partial charge is 0.318 e. The maximum Gasteiger partial charge on any atom is 0.314 e. The number of hydrogen-bond donors (Lipinski definition) is 2. The maximum atomic E-state index is 12.0. The highest BCUT2D eigenvalue weighted by molar-refractivity contribution is 9.10. The number of rotatable bonds is 3. The number of nitrogens with one attached hydrogen (secondary N) is 2. The third-order valence-electron chi connectivity index (χ3n) is 3.05. The lowest BCUT2D eigenvalue weighted by atomic mass is 10.2. The number of anilines is 2. The minimum Gasteiger partial charge on any atom is -0.318 e. The van der Waals surface area contributed by atoms with Crippen LogP contribution in [0.15, 0.2) is 40.9 Å². The summed E-state index contributed by atoms with van der Waals surface area (Å²) in [4.78, 5) is 34.1. The Hall–Kier alpha value is -2.45. The topological polar surface area (TPSA) is 101 Å². The van der Waals surface area contributed by atoms with E-state index in [0.717, 1.165) is 16.1 Å². The molecule has 7 nitrogen and oxygen atoms in total. The second kappa shape index (κ2) is 7.41. The Labute approximate surface area is 150 Å². The molecule has 0 atom stereocenters. The van der Waals surface area contributed by atoms with Crippen molar-refractivity contribution in [2.45, 2.75) is 6.92 Å². The number of benzene rings is 2. The molecule has 0 saturated heterocycles. The van der Waals surface area contributed by atoms with E-state index in [-0.39, 0.29) is 16.4 Å². The van der Waals surface area contributed by atoms with Crippen molar-refractivity contribution in [2.75, 3.05) is 10.6 Å². The van der Waals surface area contributed by atoms with Gasteiger partial charge >= 0.3 is 11.8 Å². The molecule has 2 amide bonds. The van der Waals surface area contributed by atoms with Crippen LogP contribution in [-0.4, -0.2) is 16.7 Å². The lowest BCUT2D eigenvalue weighted by molar-refractivity contribution is -0.384.